The van der Waals surface area contributed by atoms with Crippen molar-refractivity contribution in [1.29, 1.82) is 0 Å². The van der Waals surface area contributed by atoms with Crippen LogP contribution in [-0.4, -0.2) is 6.54 Å². The van der Waals surface area contributed by atoms with Crippen molar-refractivity contribution in [2.45, 2.75) is 12.6 Å². The third-order valence-corrected chi connectivity index (χ3v) is 2.47. The van der Waals surface area contributed by atoms with Crippen LogP contribution in [0.25, 0.3) is 0 Å². The molecule has 0 radical (unpaired) electrons. The van der Waals surface area contributed by atoms with Gasteiger partial charge in [0, 0.05) is 30.3 Å². The predicted molar refractivity (Wildman–Crippen MR) is 48.1 cm³/mol. The second kappa shape index (κ2) is 2.94. The lowest BCUT2D eigenvalue weighted by atomic mass is 10.0. The highest BCUT2D eigenvalue weighted by molar-refractivity contribution is 6.26. The first-order chi connectivity index (χ1) is 5.79. The van der Waals surface area contributed by atoms with Gasteiger partial charge in [0.05, 0.1) is 5.69 Å². The van der Waals surface area contributed by atoms with E-state index in [1.54, 1.807) is 10.5 Å². The number of para-hydroxylation sites is 1. The van der Waals surface area contributed by atoms with E-state index in [0.29, 0.717) is 18.5 Å². The van der Waals surface area contributed by atoms with Crippen molar-refractivity contribution in [1.82, 2.24) is 0 Å². The van der Waals surface area contributed by atoms with Crippen LogP contribution in [0.15, 0.2) is 24.3 Å². The molecule has 3 heteroatoms. The SMILES string of the molecule is FC1CCN(Cl)c2ccccc21. The second-order valence-corrected chi connectivity index (χ2v) is 3.31. The van der Waals surface area contributed by atoms with Gasteiger partial charge in [0.2, 0.25) is 0 Å². The molecule has 0 fully saturated rings. The summed E-state index contributed by atoms with van der Waals surface area (Å²) in [4.78, 5) is 0. The standard InChI is InChI=1S/C9H9ClFN/c10-12-6-5-8(11)7-3-1-2-4-9(7)12/h1-4,8H,5-6H2. The van der Waals surface area contributed by atoms with Crippen molar-refractivity contribution in [2.75, 3.05) is 11.0 Å². The van der Waals surface area contributed by atoms with E-state index in [0.717, 1.165) is 5.69 Å². The van der Waals surface area contributed by atoms with E-state index in [1.165, 1.54) is 0 Å². The lowest BCUT2D eigenvalue weighted by molar-refractivity contribution is 0.321. The molecular weight excluding hydrogens is 177 g/mol. The highest BCUT2D eigenvalue weighted by atomic mass is 35.5. The molecule has 0 aromatic heterocycles. The molecular formula is C9H9ClFN. The van der Waals surface area contributed by atoms with Gasteiger partial charge in [-0.2, -0.15) is 0 Å². The van der Waals surface area contributed by atoms with Crippen molar-refractivity contribution < 1.29 is 4.39 Å². The number of rotatable bonds is 0. The van der Waals surface area contributed by atoms with Crippen LogP contribution < -0.4 is 4.42 Å². The normalized spacial score (nSPS) is 22.2. The number of alkyl halides is 1. The van der Waals surface area contributed by atoms with E-state index in [-0.39, 0.29) is 0 Å². The van der Waals surface area contributed by atoms with Crippen molar-refractivity contribution in [3.8, 4) is 0 Å². The van der Waals surface area contributed by atoms with Crippen molar-refractivity contribution >= 4 is 17.5 Å². The van der Waals surface area contributed by atoms with Crippen molar-refractivity contribution in [2.24, 2.45) is 0 Å². The van der Waals surface area contributed by atoms with Crippen LogP contribution in [0.5, 0.6) is 0 Å². The summed E-state index contributed by atoms with van der Waals surface area (Å²) in [6, 6.07) is 7.33. The Balaban J connectivity index is 2.47. The Morgan fingerprint density at radius 3 is 2.92 bits per heavy atom. The lowest BCUT2D eigenvalue weighted by Gasteiger charge is -2.26. The Hall–Kier alpha value is -0.760. The Bertz CT molecular complexity index is 261. The summed E-state index contributed by atoms with van der Waals surface area (Å²) in [6.07, 6.45) is -0.364. The van der Waals surface area contributed by atoms with E-state index in [4.69, 9.17) is 11.8 Å². The van der Waals surface area contributed by atoms with Crippen LogP contribution in [0.1, 0.15) is 18.2 Å². The third kappa shape index (κ3) is 1.16. The Labute approximate surface area is 75.9 Å². The fourth-order valence-electron chi connectivity index (χ4n) is 1.48. The lowest BCUT2D eigenvalue weighted by Crippen LogP contribution is -2.20. The molecule has 1 nitrogen and oxygen atoms in total. The van der Waals surface area contributed by atoms with Gasteiger partial charge in [-0.3, -0.25) is 4.42 Å². The van der Waals surface area contributed by atoms with Gasteiger partial charge in [-0.15, -0.1) is 0 Å². The maximum atomic E-state index is 13.3. The number of fused-ring (bicyclic) bond motifs is 1. The summed E-state index contributed by atoms with van der Waals surface area (Å²) in [5, 5.41) is 0. The molecule has 1 unspecified atom stereocenters. The first-order valence-corrected chi connectivity index (χ1v) is 4.29. The number of halogens is 2. The third-order valence-electron chi connectivity index (χ3n) is 2.11. The molecule has 0 bridgehead atoms. The maximum Gasteiger partial charge on any atom is 0.129 e. The number of nitrogens with zero attached hydrogens (tertiary/aromatic N) is 1. The van der Waals surface area contributed by atoms with Crippen LogP contribution in [-0.2, 0) is 0 Å². The topological polar surface area (TPSA) is 3.24 Å². The zero-order valence-electron chi connectivity index (χ0n) is 6.50. The van der Waals surface area contributed by atoms with Crippen LogP contribution in [0.3, 0.4) is 0 Å². The largest absolute Gasteiger partial charge is 0.285 e. The quantitative estimate of drug-likeness (QED) is 0.562. The minimum absolute atomic E-state index is 0.487. The average Bonchev–Trinajstić information content (AvgIpc) is 2.12. The highest BCUT2D eigenvalue weighted by Crippen LogP contribution is 2.36. The molecule has 0 aliphatic carbocycles. The summed E-state index contributed by atoms with van der Waals surface area (Å²) in [5.74, 6) is 0. The molecule has 0 saturated heterocycles. The van der Waals surface area contributed by atoms with Crippen LogP contribution in [0, 0.1) is 0 Å². The van der Waals surface area contributed by atoms with Gasteiger partial charge in [-0.05, 0) is 6.07 Å². The fraction of sp³-hybridized carbons (Fsp3) is 0.333. The van der Waals surface area contributed by atoms with Crippen molar-refractivity contribution in [3.63, 3.8) is 0 Å². The minimum atomic E-state index is -0.851. The first-order valence-electron chi connectivity index (χ1n) is 3.95. The van der Waals surface area contributed by atoms with Crippen molar-refractivity contribution in [3.05, 3.63) is 29.8 Å². The second-order valence-electron chi connectivity index (χ2n) is 2.90. The molecule has 0 saturated carbocycles. The van der Waals surface area contributed by atoms with Gasteiger partial charge in [0.15, 0.2) is 0 Å². The van der Waals surface area contributed by atoms with Crippen LogP contribution >= 0.6 is 11.8 Å². The molecule has 0 spiro atoms. The Morgan fingerprint density at radius 1 is 1.42 bits per heavy atom. The van der Waals surface area contributed by atoms with E-state index in [1.807, 2.05) is 18.2 Å². The fourth-order valence-corrected chi connectivity index (χ4v) is 1.73. The number of benzene rings is 1. The molecule has 1 aliphatic heterocycles. The number of hydrogen-bond donors (Lipinski definition) is 0. The van der Waals surface area contributed by atoms with E-state index >= 15 is 0 Å². The van der Waals surface area contributed by atoms with Gasteiger partial charge in [0.25, 0.3) is 0 Å². The molecule has 0 N–H and O–H groups in total. The smallest absolute Gasteiger partial charge is 0.129 e. The zero-order chi connectivity index (χ0) is 8.55. The van der Waals surface area contributed by atoms with Gasteiger partial charge in [0.1, 0.15) is 6.17 Å². The van der Waals surface area contributed by atoms with Gasteiger partial charge in [-0.25, -0.2) is 4.39 Å². The molecule has 64 valence electrons. The summed E-state index contributed by atoms with van der Waals surface area (Å²) < 4.78 is 14.8. The van der Waals surface area contributed by atoms with E-state index < -0.39 is 6.17 Å². The summed E-state index contributed by atoms with van der Waals surface area (Å²) in [5.41, 5.74) is 1.51. The first kappa shape index (κ1) is 7.87. The number of anilines is 1. The summed E-state index contributed by atoms with van der Waals surface area (Å²) in [6.45, 7) is 0.583. The van der Waals surface area contributed by atoms with Crippen LogP contribution in [0.2, 0.25) is 0 Å². The summed E-state index contributed by atoms with van der Waals surface area (Å²) >= 11 is 5.88. The molecule has 12 heavy (non-hydrogen) atoms. The molecule has 0 amide bonds. The molecule has 1 atom stereocenters. The minimum Gasteiger partial charge on any atom is -0.285 e. The maximum absolute atomic E-state index is 13.3. The van der Waals surface area contributed by atoms with Gasteiger partial charge < -0.3 is 0 Å². The Kier molecular flexibility index (Phi) is 1.93. The number of hydrogen-bond acceptors (Lipinski definition) is 1. The molecule has 1 aliphatic rings. The van der Waals surface area contributed by atoms with E-state index in [9.17, 15) is 4.39 Å². The predicted octanol–water partition coefficient (Wildman–Crippen LogP) is 3.06. The highest BCUT2D eigenvalue weighted by Gasteiger charge is 2.22. The summed E-state index contributed by atoms with van der Waals surface area (Å²) in [7, 11) is 0. The molecule has 1 aromatic rings. The van der Waals surface area contributed by atoms with Gasteiger partial charge in [-0.1, -0.05) is 18.2 Å². The molecule has 2 rings (SSSR count). The van der Waals surface area contributed by atoms with E-state index in [2.05, 4.69) is 0 Å². The molecule has 1 aromatic carbocycles. The Morgan fingerprint density at radius 2 is 2.17 bits per heavy atom. The zero-order valence-corrected chi connectivity index (χ0v) is 7.26. The monoisotopic (exact) mass is 185 g/mol. The average molecular weight is 186 g/mol. The van der Waals surface area contributed by atoms with Crippen LogP contribution in [0.4, 0.5) is 10.1 Å². The van der Waals surface area contributed by atoms with Gasteiger partial charge >= 0.3 is 0 Å². The molecule has 1 heterocycles.